The Labute approximate surface area is 274 Å². The summed E-state index contributed by atoms with van der Waals surface area (Å²) in [7, 11) is 1.47. The molecular weight excluding hydrogens is 597 g/mol. The summed E-state index contributed by atoms with van der Waals surface area (Å²) in [5.74, 6) is -0.733. The Bertz CT molecular complexity index is 788. The van der Waals surface area contributed by atoms with E-state index in [1.54, 1.807) is 0 Å². The number of esters is 2. The van der Waals surface area contributed by atoms with Gasteiger partial charge in [-0.15, -0.1) is 0 Å². The van der Waals surface area contributed by atoms with Gasteiger partial charge in [-0.05, 0) is 19.3 Å². The number of quaternary nitrogens is 1. The first kappa shape index (κ1) is 43.7. The Morgan fingerprint density at radius 1 is 0.711 bits per heavy atom. The van der Waals surface area contributed by atoms with E-state index in [-0.39, 0.29) is 38.6 Å². The first-order valence-corrected chi connectivity index (χ1v) is 19.2. The van der Waals surface area contributed by atoms with E-state index in [2.05, 4.69) is 6.92 Å². The molecule has 0 heterocycles. The number of likely N-dealkylation sites (N-methyl/N-ethyl adjacent to an activating group) is 1. The number of rotatable bonds is 33. The summed E-state index contributed by atoms with van der Waals surface area (Å²) in [6, 6.07) is 0. The molecule has 266 valence electrons. The number of carbonyl (C=O) groups excluding carboxylic acids is 3. The maximum atomic E-state index is 12.4. The Morgan fingerprint density at radius 3 is 1.71 bits per heavy atom. The highest BCUT2D eigenvalue weighted by Crippen LogP contribution is 2.43. The number of nitrogens with zero attached hydrogens (tertiary/aromatic N) is 1. The fourth-order valence-corrected chi connectivity index (χ4v) is 5.50. The number of unbranched alkanes of at least 4 members (excludes halogenated alkanes) is 17. The van der Waals surface area contributed by atoms with Crippen LogP contribution < -0.4 is 0 Å². The van der Waals surface area contributed by atoms with Gasteiger partial charge >= 0.3 is 19.8 Å². The number of phosphoric acid groups is 1. The topological polar surface area (TPSA) is 125 Å². The van der Waals surface area contributed by atoms with Gasteiger partial charge in [-0.25, -0.2) is 4.57 Å². The molecule has 0 rings (SSSR count). The van der Waals surface area contributed by atoms with Crippen LogP contribution in [0.3, 0.4) is 0 Å². The van der Waals surface area contributed by atoms with Crippen molar-refractivity contribution in [2.45, 2.75) is 154 Å². The molecule has 2 unspecified atom stereocenters. The van der Waals surface area contributed by atoms with Gasteiger partial charge in [0.05, 0.1) is 34.4 Å². The monoisotopic (exact) mass is 664 g/mol. The first-order chi connectivity index (χ1) is 21.5. The van der Waals surface area contributed by atoms with Gasteiger partial charge in [-0.2, -0.15) is 0 Å². The predicted molar refractivity (Wildman–Crippen MR) is 179 cm³/mol. The lowest BCUT2D eigenvalue weighted by atomic mass is 10.0. The van der Waals surface area contributed by atoms with Gasteiger partial charge in [0.2, 0.25) is 0 Å². The van der Waals surface area contributed by atoms with Crippen molar-refractivity contribution in [3.8, 4) is 0 Å². The molecule has 10 nitrogen and oxygen atoms in total. The zero-order valence-electron chi connectivity index (χ0n) is 29.1. The second-order valence-corrected chi connectivity index (χ2v) is 14.7. The van der Waals surface area contributed by atoms with E-state index in [0.717, 1.165) is 51.2 Å². The summed E-state index contributed by atoms with van der Waals surface area (Å²) in [5.41, 5.74) is 0. The molecule has 0 bridgehead atoms. The van der Waals surface area contributed by atoms with Gasteiger partial charge in [-0.1, -0.05) is 103 Å². The van der Waals surface area contributed by atoms with Crippen molar-refractivity contribution in [1.29, 1.82) is 0 Å². The van der Waals surface area contributed by atoms with E-state index in [9.17, 15) is 23.8 Å². The second-order valence-electron chi connectivity index (χ2n) is 13.2. The maximum Gasteiger partial charge on any atom is 0.472 e. The summed E-state index contributed by atoms with van der Waals surface area (Å²) >= 11 is 0. The summed E-state index contributed by atoms with van der Waals surface area (Å²) in [5, 5.41) is 0. The molecule has 45 heavy (non-hydrogen) atoms. The van der Waals surface area contributed by atoms with Gasteiger partial charge in [-0.3, -0.25) is 18.6 Å². The van der Waals surface area contributed by atoms with Gasteiger partial charge in [0.15, 0.2) is 0 Å². The molecule has 2 atom stereocenters. The standard InChI is InChI=1S/C34H66NO9P/c1-5-6-7-8-9-10-11-12-13-14-15-18-21-24-33(37)41-29-26-32(31-43-45(39,40)42-30-27-35(2,3)4)44-34(38)25-22-19-16-17-20-23-28-36/h28,32H,5-27,29-31H2,1-4H3/p+1. The average molecular weight is 665 g/mol. The van der Waals surface area contributed by atoms with Crippen molar-refractivity contribution in [2.24, 2.45) is 0 Å². The molecule has 0 aromatic carbocycles. The van der Waals surface area contributed by atoms with Crippen LogP contribution in [0.25, 0.3) is 0 Å². The van der Waals surface area contributed by atoms with Crippen LogP contribution in [0.5, 0.6) is 0 Å². The van der Waals surface area contributed by atoms with Crippen molar-refractivity contribution < 1.29 is 46.8 Å². The van der Waals surface area contributed by atoms with E-state index in [4.69, 9.17) is 18.5 Å². The molecule has 0 aliphatic heterocycles. The number of hydrogen-bond donors (Lipinski definition) is 1. The summed E-state index contributed by atoms with van der Waals surface area (Å²) in [6.07, 6.45) is 21.6. The van der Waals surface area contributed by atoms with E-state index < -0.39 is 19.9 Å². The van der Waals surface area contributed by atoms with Crippen LogP contribution in [0.2, 0.25) is 0 Å². The van der Waals surface area contributed by atoms with Crippen molar-refractivity contribution in [1.82, 2.24) is 0 Å². The lowest BCUT2D eigenvalue weighted by molar-refractivity contribution is -0.870. The molecule has 0 radical (unpaired) electrons. The molecule has 0 saturated heterocycles. The summed E-state index contributed by atoms with van der Waals surface area (Å²) in [4.78, 5) is 45.2. The minimum Gasteiger partial charge on any atom is -0.466 e. The Hall–Kier alpha value is -1.32. The second kappa shape index (κ2) is 28.9. The van der Waals surface area contributed by atoms with Crippen LogP contribution in [-0.2, 0) is 37.5 Å². The Morgan fingerprint density at radius 2 is 1.20 bits per heavy atom. The van der Waals surface area contributed by atoms with Crippen molar-refractivity contribution in [3.63, 3.8) is 0 Å². The van der Waals surface area contributed by atoms with E-state index in [1.165, 1.54) is 64.2 Å². The number of phosphoric ester groups is 1. The number of ether oxygens (including phenoxy) is 2. The highest BCUT2D eigenvalue weighted by atomic mass is 31.2. The molecule has 0 aliphatic rings. The lowest BCUT2D eigenvalue weighted by Gasteiger charge is -2.24. The van der Waals surface area contributed by atoms with Crippen molar-refractivity contribution in [2.75, 3.05) is 47.5 Å². The highest BCUT2D eigenvalue weighted by Gasteiger charge is 2.26. The molecule has 0 aromatic heterocycles. The molecule has 0 fully saturated rings. The van der Waals surface area contributed by atoms with Gasteiger partial charge in [0.25, 0.3) is 0 Å². The Kier molecular flexibility index (Phi) is 28.0. The Balaban J connectivity index is 4.35. The molecule has 0 aliphatic carbocycles. The average Bonchev–Trinajstić information content (AvgIpc) is 2.97. The lowest BCUT2D eigenvalue weighted by Crippen LogP contribution is -2.37. The van der Waals surface area contributed by atoms with E-state index in [1.807, 2.05) is 21.1 Å². The van der Waals surface area contributed by atoms with Crippen molar-refractivity contribution >= 4 is 26.0 Å². The highest BCUT2D eigenvalue weighted by molar-refractivity contribution is 7.47. The van der Waals surface area contributed by atoms with Crippen LogP contribution in [0.4, 0.5) is 0 Å². The van der Waals surface area contributed by atoms with Gasteiger partial charge < -0.3 is 23.6 Å². The molecule has 0 amide bonds. The predicted octanol–water partition coefficient (Wildman–Crippen LogP) is 8.08. The van der Waals surface area contributed by atoms with Crippen LogP contribution in [-0.4, -0.2) is 81.2 Å². The van der Waals surface area contributed by atoms with E-state index in [0.29, 0.717) is 30.3 Å². The molecule has 11 heteroatoms. The van der Waals surface area contributed by atoms with Crippen molar-refractivity contribution in [3.05, 3.63) is 0 Å². The molecular formula is C34H67NO9P+. The molecule has 0 spiro atoms. The fraction of sp³-hybridized carbons (Fsp3) is 0.912. The summed E-state index contributed by atoms with van der Waals surface area (Å²) in [6.45, 7) is 2.47. The quantitative estimate of drug-likeness (QED) is 0.0244. The first-order valence-electron chi connectivity index (χ1n) is 17.7. The van der Waals surface area contributed by atoms with E-state index >= 15 is 0 Å². The third kappa shape index (κ3) is 32.4. The third-order valence-electron chi connectivity index (χ3n) is 7.63. The van der Waals surface area contributed by atoms with Crippen LogP contribution in [0.1, 0.15) is 148 Å². The van der Waals surface area contributed by atoms with Gasteiger partial charge in [0, 0.05) is 25.7 Å². The maximum absolute atomic E-state index is 12.4. The normalized spacial score (nSPS) is 13.7. The zero-order valence-corrected chi connectivity index (χ0v) is 30.0. The number of aldehydes is 1. The minimum atomic E-state index is -4.34. The molecule has 0 saturated carbocycles. The van der Waals surface area contributed by atoms with Crippen LogP contribution >= 0.6 is 7.82 Å². The number of carbonyl (C=O) groups is 3. The molecule has 0 aromatic rings. The number of hydrogen-bond acceptors (Lipinski definition) is 8. The molecule has 1 N–H and O–H groups in total. The fourth-order valence-electron chi connectivity index (χ4n) is 4.76. The summed E-state index contributed by atoms with van der Waals surface area (Å²) < 4.78 is 34.0. The largest absolute Gasteiger partial charge is 0.472 e. The third-order valence-corrected chi connectivity index (χ3v) is 8.61. The van der Waals surface area contributed by atoms with Crippen LogP contribution in [0, 0.1) is 0 Å². The smallest absolute Gasteiger partial charge is 0.466 e. The van der Waals surface area contributed by atoms with Crippen LogP contribution in [0.15, 0.2) is 0 Å². The van der Waals surface area contributed by atoms with Gasteiger partial charge in [0.1, 0.15) is 25.5 Å². The minimum absolute atomic E-state index is 0.0212. The SMILES string of the molecule is CCCCCCCCCCCCCCCC(=O)OCCC(COP(=O)(O)OCC[N+](C)(C)C)OC(=O)CCCCCCCC=O. The zero-order chi connectivity index (χ0) is 33.7.